The van der Waals surface area contributed by atoms with E-state index >= 15 is 0 Å². The fraction of sp³-hybridized carbons (Fsp3) is 0.414. The molecule has 4 aromatic carbocycles. The number of aromatic nitrogens is 2. The molecule has 0 radical (unpaired) electrons. The highest BCUT2D eigenvalue weighted by Gasteiger charge is 2.51. The Morgan fingerprint density at radius 1 is 0.581 bits per heavy atom. The van der Waals surface area contributed by atoms with Crippen LogP contribution in [0.4, 0.5) is 26.3 Å². The highest BCUT2D eigenvalue weighted by Crippen LogP contribution is 2.50. The molecule has 4 heterocycles. The third kappa shape index (κ3) is 11.7. The molecule has 8 rings (SSSR count). The van der Waals surface area contributed by atoms with Crippen LogP contribution in [0.1, 0.15) is 97.0 Å². The third-order valence-electron chi connectivity index (χ3n) is 15.4. The number of methoxy groups -OCH3 is 2. The summed E-state index contributed by atoms with van der Waals surface area (Å²) < 4.78 is 95.2. The number of fused-ring (bicyclic) bond motifs is 2. The summed E-state index contributed by atoms with van der Waals surface area (Å²) in [6, 6.07) is 13.7. The molecule has 0 spiro atoms. The van der Waals surface area contributed by atoms with Gasteiger partial charge in [-0.05, 0) is 162 Å². The summed E-state index contributed by atoms with van der Waals surface area (Å²) in [6.45, 7) is 5.59. The molecule has 2 fully saturated rings. The van der Waals surface area contributed by atoms with Crippen LogP contribution in [0.3, 0.4) is 0 Å². The Morgan fingerprint density at radius 3 is 1.42 bits per heavy atom. The lowest BCUT2D eigenvalue weighted by atomic mass is 9.61. The van der Waals surface area contributed by atoms with Gasteiger partial charge in [0.1, 0.15) is 29.0 Å². The number of aryl methyl sites for hydroxylation is 2. The number of halogens is 6. The lowest BCUT2D eigenvalue weighted by molar-refractivity contribution is -0.155. The van der Waals surface area contributed by atoms with Gasteiger partial charge in [-0.2, -0.15) is 0 Å². The van der Waals surface area contributed by atoms with E-state index in [0.29, 0.717) is 97.7 Å². The molecule has 2 unspecified atom stereocenters. The second-order valence-electron chi connectivity index (χ2n) is 19.9. The van der Waals surface area contributed by atoms with Crippen LogP contribution in [0.25, 0.3) is 21.8 Å². The number of pyridine rings is 2. The Hall–Kier alpha value is -6.24. The maximum Gasteiger partial charge on any atom is 0.194 e. The Bertz CT molecular complexity index is 3090. The van der Waals surface area contributed by atoms with Crippen molar-refractivity contribution >= 4 is 21.8 Å². The Labute approximate surface area is 427 Å². The molecule has 6 aromatic rings. The normalized spacial score (nSPS) is 17.4. The molecule has 2 saturated heterocycles. The van der Waals surface area contributed by atoms with E-state index in [4.69, 9.17) is 9.47 Å². The van der Waals surface area contributed by atoms with E-state index in [9.17, 15) is 46.8 Å². The van der Waals surface area contributed by atoms with Crippen molar-refractivity contribution in [2.24, 2.45) is 10.8 Å². The van der Waals surface area contributed by atoms with E-state index in [-0.39, 0.29) is 44.3 Å². The highest BCUT2D eigenvalue weighted by molar-refractivity contribution is 5.85. The standard InChI is InChI=1S/C58H60F6N4O6/c1-35-33-65-48-11-9-39(73-3)31-42(48)52(35)50(69)13-15-57(17-23-67(24-18-57)21-5-7-37-27-46(62)54(64)47(63)28-37)55(71)56(72)58(16-14-51(70)53-36(2)34-66-49-12-10-40(74-4)32-43(49)53)19-25-68(26-20-58)22-6-8-41-44(60)29-38(59)30-45(41)61/h9-12,27-34,50-51,55-56,69-72H,13-26H2,1-4H3/t50-,51-,55?,56?/m0/s1. The summed E-state index contributed by atoms with van der Waals surface area (Å²) in [6.07, 6.45) is 1.09. The van der Waals surface area contributed by atoms with E-state index in [0.717, 1.165) is 34.0 Å². The van der Waals surface area contributed by atoms with Gasteiger partial charge in [0, 0.05) is 51.7 Å². The molecule has 4 atom stereocenters. The first-order chi connectivity index (χ1) is 35.4. The molecule has 4 N–H and O–H groups in total. The minimum atomic E-state index is -1.58. The van der Waals surface area contributed by atoms with E-state index in [2.05, 4.69) is 33.6 Å². The van der Waals surface area contributed by atoms with Gasteiger partial charge in [-0.1, -0.05) is 23.7 Å². The number of rotatable bonds is 15. The fourth-order valence-corrected chi connectivity index (χ4v) is 11.0. The largest absolute Gasteiger partial charge is 0.497 e. The summed E-state index contributed by atoms with van der Waals surface area (Å²) in [5, 5.41) is 51.6. The zero-order valence-electron chi connectivity index (χ0n) is 41.8. The molecule has 16 heteroatoms. The van der Waals surface area contributed by atoms with E-state index in [1.807, 2.05) is 47.9 Å². The van der Waals surface area contributed by atoms with Gasteiger partial charge in [0.25, 0.3) is 0 Å². The monoisotopic (exact) mass is 1020 g/mol. The van der Waals surface area contributed by atoms with Gasteiger partial charge < -0.3 is 29.9 Å². The first-order valence-corrected chi connectivity index (χ1v) is 24.7. The molecule has 74 heavy (non-hydrogen) atoms. The van der Waals surface area contributed by atoms with Gasteiger partial charge in [0.2, 0.25) is 0 Å². The second-order valence-corrected chi connectivity index (χ2v) is 19.9. The van der Waals surface area contributed by atoms with Crippen molar-refractivity contribution in [3.8, 4) is 35.2 Å². The van der Waals surface area contributed by atoms with Gasteiger partial charge in [0.05, 0.1) is 68.3 Å². The summed E-state index contributed by atoms with van der Waals surface area (Å²) in [5.74, 6) is 4.63. The summed E-state index contributed by atoms with van der Waals surface area (Å²) in [7, 11) is 3.12. The van der Waals surface area contributed by atoms with Crippen molar-refractivity contribution in [1.29, 1.82) is 0 Å². The van der Waals surface area contributed by atoms with Crippen LogP contribution in [-0.2, 0) is 0 Å². The van der Waals surface area contributed by atoms with Gasteiger partial charge in [-0.3, -0.25) is 19.8 Å². The van der Waals surface area contributed by atoms with E-state index < -0.39 is 75.7 Å². The number of likely N-dealkylation sites (tertiary alicyclic amines) is 2. The number of piperidine rings is 2. The predicted octanol–water partition coefficient (Wildman–Crippen LogP) is 9.57. The maximum absolute atomic E-state index is 14.5. The molecule has 2 aliphatic rings. The average molecular weight is 1020 g/mol. The van der Waals surface area contributed by atoms with E-state index in [1.165, 1.54) is 0 Å². The molecular formula is C58H60F6N4O6. The number of aliphatic hydroxyl groups is 4. The number of benzene rings is 4. The molecule has 0 aliphatic carbocycles. The van der Waals surface area contributed by atoms with Crippen LogP contribution in [0.15, 0.2) is 73.1 Å². The lowest BCUT2D eigenvalue weighted by Crippen LogP contribution is -2.57. The Kier molecular flexibility index (Phi) is 16.9. The van der Waals surface area contributed by atoms with Gasteiger partial charge in [-0.25, -0.2) is 26.3 Å². The number of ether oxygens (including phenoxy) is 2. The van der Waals surface area contributed by atoms with Crippen molar-refractivity contribution in [1.82, 2.24) is 19.8 Å². The zero-order valence-corrected chi connectivity index (χ0v) is 41.8. The smallest absolute Gasteiger partial charge is 0.194 e. The molecular weight excluding hydrogens is 963 g/mol. The number of aliphatic hydroxyl groups excluding tert-OH is 4. The van der Waals surface area contributed by atoms with E-state index in [1.54, 1.807) is 38.7 Å². The molecule has 390 valence electrons. The summed E-state index contributed by atoms with van der Waals surface area (Å²) >= 11 is 0. The van der Waals surface area contributed by atoms with Crippen LogP contribution in [0, 0.1) is 83.3 Å². The molecule has 10 nitrogen and oxygen atoms in total. The summed E-state index contributed by atoms with van der Waals surface area (Å²) in [4.78, 5) is 13.1. The van der Waals surface area contributed by atoms with Crippen molar-refractivity contribution < 1.29 is 56.2 Å². The van der Waals surface area contributed by atoms with Crippen molar-refractivity contribution in [3.63, 3.8) is 0 Å². The molecule has 0 saturated carbocycles. The van der Waals surface area contributed by atoms with Crippen LogP contribution in [0.5, 0.6) is 11.5 Å². The molecule has 2 aliphatic heterocycles. The molecule has 2 aromatic heterocycles. The number of hydrogen-bond donors (Lipinski definition) is 4. The van der Waals surface area contributed by atoms with Crippen LogP contribution < -0.4 is 9.47 Å². The molecule has 0 bridgehead atoms. The van der Waals surface area contributed by atoms with Gasteiger partial charge in [0.15, 0.2) is 17.5 Å². The minimum Gasteiger partial charge on any atom is -0.497 e. The summed E-state index contributed by atoms with van der Waals surface area (Å²) in [5.41, 5.74) is 1.69. The quantitative estimate of drug-likeness (QED) is 0.0448. The van der Waals surface area contributed by atoms with Crippen LogP contribution in [-0.4, -0.2) is 106 Å². The number of hydrogen-bond acceptors (Lipinski definition) is 10. The highest BCUT2D eigenvalue weighted by atomic mass is 19.2. The maximum atomic E-state index is 14.5. The van der Waals surface area contributed by atoms with Gasteiger partial charge in [-0.15, -0.1) is 0 Å². The lowest BCUT2D eigenvalue weighted by Gasteiger charge is -2.52. The third-order valence-corrected chi connectivity index (χ3v) is 15.4. The second kappa shape index (κ2) is 23.1. The Balaban J connectivity index is 1.09. The van der Waals surface area contributed by atoms with Crippen molar-refractivity contribution in [3.05, 3.63) is 141 Å². The topological polar surface area (TPSA) is 132 Å². The molecule has 0 amide bonds. The van der Waals surface area contributed by atoms with Gasteiger partial charge >= 0.3 is 0 Å². The predicted molar refractivity (Wildman–Crippen MR) is 269 cm³/mol. The van der Waals surface area contributed by atoms with Crippen LogP contribution in [0.2, 0.25) is 0 Å². The van der Waals surface area contributed by atoms with Crippen LogP contribution >= 0.6 is 0 Å². The van der Waals surface area contributed by atoms with Crippen molar-refractivity contribution in [2.45, 2.75) is 89.6 Å². The fourth-order valence-electron chi connectivity index (χ4n) is 11.0. The van der Waals surface area contributed by atoms with Crippen molar-refractivity contribution in [2.75, 3.05) is 53.5 Å². The SMILES string of the molecule is COc1ccc2ncc(C)c([C@@H](O)CCC3(C(O)C(O)C4(CC[C@H](O)c5c(C)cnc6ccc(OC)cc56)CCN(CC#Cc5c(F)cc(F)cc5F)CC4)CCN(CC#Cc4cc(F)c(F)c(F)c4)CC3)c2c1. The zero-order chi connectivity index (χ0) is 52.9. The average Bonchev–Trinajstić information content (AvgIpc) is 3.39. The number of nitrogens with zero attached hydrogens (tertiary/aromatic N) is 4. The Morgan fingerprint density at radius 2 is 1.00 bits per heavy atom. The first-order valence-electron chi connectivity index (χ1n) is 24.7. The minimum absolute atomic E-state index is 0.0203. The first kappa shape index (κ1) is 54.0.